The SMILES string of the molecule is O=C([O-])C1=C(COC2CCCCO2)S[C@@H]2CC(=O)N12.[Na+]. The van der Waals surface area contributed by atoms with Gasteiger partial charge in [-0.05, 0) is 19.3 Å². The normalized spacial score (nSPS) is 28.8. The second-order valence-corrected chi connectivity index (χ2v) is 5.98. The molecule has 2 fully saturated rings. The molecule has 8 heteroatoms. The average molecular weight is 307 g/mol. The van der Waals surface area contributed by atoms with Crippen molar-refractivity contribution < 1.29 is 53.7 Å². The van der Waals surface area contributed by atoms with Gasteiger partial charge in [0.25, 0.3) is 0 Å². The molecular formula is C12H14NNaO5S. The summed E-state index contributed by atoms with van der Waals surface area (Å²) in [6.45, 7) is 0.844. The van der Waals surface area contributed by atoms with E-state index in [0.717, 1.165) is 19.3 Å². The Hall–Kier alpha value is -0.0500. The van der Waals surface area contributed by atoms with Gasteiger partial charge in [-0.2, -0.15) is 0 Å². The zero-order valence-corrected chi connectivity index (χ0v) is 14.1. The van der Waals surface area contributed by atoms with Crippen LogP contribution in [0.2, 0.25) is 0 Å². The van der Waals surface area contributed by atoms with E-state index in [0.29, 0.717) is 17.9 Å². The first-order chi connectivity index (χ1) is 9.16. The number of carbonyl (C=O) groups excluding carboxylic acids is 2. The van der Waals surface area contributed by atoms with Crippen LogP contribution in [0.5, 0.6) is 0 Å². The summed E-state index contributed by atoms with van der Waals surface area (Å²) in [4.78, 5) is 24.4. The topological polar surface area (TPSA) is 78.9 Å². The number of nitrogens with zero attached hydrogens (tertiary/aromatic N) is 1. The number of fused-ring (bicyclic) bond motifs is 1. The molecule has 1 unspecified atom stereocenters. The molecule has 104 valence electrons. The number of thioether (sulfide) groups is 1. The number of ether oxygens (including phenoxy) is 2. The fourth-order valence-electron chi connectivity index (χ4n) is 2.43. The van der Waals surface area contributed by atoms with Crippen molar-refractivity contribution in [1.29, 1.82) is 0 Å². The van der Waals surface area contributed by atoms with Crippen LogP contribution >= 0.6 is 11.8 Å². The van der Waals surface area contributed by atoms with Crippen molar-refractivity contribution in [3.05, 3.63) is 10.6 Å². The number of carboxylic acid groups (broad SMARTS) is 1. The summed E-state index contributed by atoms with van der Waals surface area (Å²) in [5, 5.41) is 11.0. The summed E-state index contributed by atoms with van der Waals surface area (Å²) in [6.07, 6.45) is 3.02. The van der Waals surface area contributed by atoms with Crippen molar-refractivity contribution in [1.82, 2.24) is 4.90 Å². The molecule has 20 heavy (non-hydrogen) atoms. The molecule has 2 saturated heterocycles. The number of β-lactam (4-membered cyclic amide) rings is 1. The Kier molecular flexibility index (Phi) is 5.56. The van der Waals surface area contributed by atoms with E-state index in [-0.39, 0.29) is 59.4 Å². The monoisotopic (exact) mass is 307 g/mol. The molecule has 3 aliphatic rings. The summed E-state index contributed by atoms with van der Waals surface area (Å²) in [5.41, 5.74) is -0.0259. The molecule has 3 heterocycles. The van der Waals surface area contributed by atoms with Crippen LogP contribution in [0.25, 0.3) is 0 Å². The Morgan fingerprint density at radius 3 is 2.90 bits per heavy atom. The summed E-state index contributed by atoms with van der Waals surface area (Å²) >= 11 is 1.37. The van der Waals surface area contributed by atoms with Gasteiger partial charge in [-0.15, -0.1) is 0 Å². The van der Waals surface area contributed by atoms with Gasteiger partial charge < -0.3 is 19.4 Å². The number of carbonyl (C=O) groups is 2. The van der Waals surface area contributed by atoms with Crippen LogP contribution in [-0.4, -0.2) is 41.7 Å². The van der Waals surface area contributed by atoms with Crippen LogP contribution in [0.4, 0.5) is 0 Å². The molecule has 0 aromatic heterocycles. The van der Waals surface area contributed by atoms with E-state index in [9.17, 15) is 14.7 Å². The van der Waals surface area contributed by atoms with Crippen molar-refractivity contribution in [2.75, 3.05) is 13.2 Å². The molecule has 0 aromatic rings. The number of carboxylic acids is 1. The number of rotatable bonds is 4. The Bertz CT molecular complexity index is 449. The minimum Gasteiger partial charge on any atom is -0.543 e. The maximum absolute atomic E-state index is 11.4. The predicted molar refractivity (Wildman–Crippen MR) is 64.4 cm³/mol. The standard InChI is InChI=1S/C12H15NO5S.Na/c14-8-5-9-13(8)11(12(15)16)7(19-9)6-18-10-3-1-2-4-17-10;/h9-10H,1-6H2,(H,15,16);/q;+1/p-1/t9-,10?;/m1./s1. The van der Waals surface area contributed by atoms with Gasteiger partial charge in [0, 0.05) is 11.5 Å². The molecular weight excluding hydrogens is 293 g/mol. The fraction of sp³-hybridized carbons (Fsp3) is 0.667. The second kappa shape index (κ2) is 6.81. The zero-order valence-electron chi connectivity index (χ0n) is 11.3. The Labute approximate surface area is 143 Å². The van der Waals surface area contributed by atoms with E-state index in [2.05, 4.69) is 0 Å². The Balaban J connectivity index is 0.00000147. The first kappa shape index (κ1) is 16.3. The molecule has 0 aromatic carbocycles. The van der Waals surface area contributed by atoms with E-state index in [1.807, 2.05) is 0 Å². The Morgan fingerprint density at radius 2 is 2.30 bits per heavy atom. The van der Waals surface area contributed by atoms with Crippen LogP contribution in [-0.2, 0) is 19.1 Å². The number of hydrogen-bond acceptors (Lipinski definition) is 6. The fourth-order valence-corrected chi connectivity index (χ4v) is 3.74. The number of aliphatic carboxylic acids is 1. The summed E-state index contributed by atoms with van der Waals surface area (Å²) in [7, 11) is 0. The van der Waals surface area contributed by atoms with Gasteiger partial charge in [-0.25, -0.2) is 0 Å². The molecule has 0 spiro atoms. The summed E-state index contributed by atoms with van der Waals surface area (Å²) in [5.74, 6) is -1.48. The van der Waals surface area contributed by atoms with Gasteiger partial charge in [-0.3, -0.25) is 9.69 Å². The van der Waals surface area contributed by atoms with Gasteiger partial charge >= 0.3 is 29.6 Å². The quantitative estimate of drug-likeness (QED) is 0.402. The minimum absolute atomic E-state index is 0. The first-order valence-electron chi connectivity index (χ1n) is 6.33. The maximum Gasteiger partial charge on any atom is 1.00 e. The first-order valence-corrected chi connectivity index (χ1v) is 7.21. The van der Waals surface area contributed by atoms with E-state index in [4.69, 9.17) is 9.47 Å². The number of amides is 1. The van der Waals surface area contributed by atoms with Crippen molar-refractivity contribution in [2.24, 2.45) is 0 Å². The molecule has 2 atom stereocenters. The molecule has 0 saturated carbocycles. The summed E-state index contributed by atoms with van der Waals surface area (Å²) in [6, 6.07) is 0. The van der Waals surface area contributed by atoms with Gasteiger partial charge in [0.2, 0.25) is 5.91 Å². The number of hydrogen-bond donors (Lipinski definition) is 0. The average Bonchev–Trinajstić information content (AvgIpc) is 2.70. The largest absolute Gasteiger partial charge is 1.00 e. The van der Waals surface area contributed by atoms with Crippen LogP contribution in [0, 0.1) is 0 Å². The summed E-state index contributed by atoms with van der Waals surface area (Å²) < 4.78 is 11.0. The van der Waals surface area contributed by atoms with E-state index in [1.54, 1.807) is 0 Å². The Morgan fingerprint density at radius 1 is 1.50 bits per heavy atom. The van der Waals surface area contributed by atoms with Crippen LogP contribution in [0.3, 0.4) is 0 Å². The predicted octanol–water partition coefficient (Wildman–Crippen LogP) is -3.20. The molecule has 0 N–H and O–H groups in total. The van der Waals surface area contributed by atoms with Gasteiger partial charge in [0.05, 0.1) is 30.1 Å². The maximum atomic E-state index is 11.4. The minimum atomic E-state index is -1.31. The van der Waals surface area contributed by atoms with Crippen molar-refractivity contribution in [2.45, 2.75) is 37.3 Å². The van der Waals surface area contributed by atoms with Crippen LogP contribution in [0.1, 0.15) is 25.7 Å². The van der Waals surface area contributed by atoms with Crippen LogP contribution in [0.15, 0.2) is 10.6 Å². The molecule has 3 aliphatic heterocycles. The van der Waals surface area contributed by atoms with E-state index < -0.39 is 5.97 Å². The smallest absolute Gasteiger partial charge is 0.543 e. The molecule has 3 rings (SSSR count). The van der Waals surface area contributed by atoms with Crippen molar-refractivity contribution >= 4 is 23.6 Å². The second-order valence-electron chi connectivity index (χ2n) is 4.71. The third-order valence-corrected chi connectivity index (χ3v) is 4.67. The van der Waals surface area contributed by atoms with E-state index in [1.165, 1.54) is 16.7 Å². The van der Waals surface area contributed by atoms with Crippen LogP contribution < -0.4 is 34.7 Å². The molecule has 0 aliphatic carbocycles. The van der Waals surface area contributed by atoms with Gasteiger partial charge in [0.15, 0.2) is 6.29 Å². The molecule has 1 amide bonds. The van der Waals surface area contributed by atoms with Gasteiger partial charge in [0.1, 0.15) is 0 Å². The zero-order chi connectivity index (χ0) is 13.4. The molecule has 0 bridgehead atoms. The van der Waals surface area contributed by atoms with Gasteiger partial charge in [-0.1, -0.05) is 11.8 Å². The molecule has 0 radical (unpaired) electrons. The van der Waals surface area contributed by atoms with Crippen molar-refractivity contribution in [3.8, 4) is 0 Å². The van der Waals surface area contributed by atoms with Crippen molar-refractivity contribution in [3.63, 3.8) is 0 Å². The molecule has 6 nitrogen and oxygen atoms in total. The third-order valence-electron chi connectivity index (χ3n) is 3.42. The third kappa shape index (κ3) is 3.08. The van der Waals surface area contributed by atoms with E-state index >= 15 is 0 Å².